The highest BCUT2D eigenvalue weighted by atomic mass is 35.5. The van der Waals surface area contributed by atoms with E-state index in [0.717, 1.165) is 11.1 Å². The number of nitrogens with zero attached hydrogens (tertiary/aromatic N) is 2. The molecule has 0 amide bonds. The molecule has 0 bridgehead atoms. The molecule has 19 heavy (non-hydrogen) atoms. The van der Waals surface area contributed by atoms with Gasteiger partial charge in [0.15, 0.2) is 0 Å². The first-order valence-corrected chi connectivity index (χ1v) is 5.66. The van der Waals surface area contributed by atoms with E-state index < -0.39 is 0 Å². The number of carbonyl (C=O) groups is 1. The second-order valence-electron chi connectivity index (χ2n) is 3.85. The Morgan fingerprint density at radius 3 is 2.89 bits per heavy atom. The predicted molar refractivity (Wildman–Crippen MR) is 75.3 cm³/mol. The van der Waals surface area contributed by atoms with E-state index in [9.17, 15) is 4.79 Å². The molecule has 1 aromatic carbocycles. The number of hydrogen-bond donors (Lipinski definition) is 1. The molecule has 0 fully saturated rings. The lowest BCUT2D eigenvalue weighted by Gasteiger charge is -2.02. The Morgan fingerprint density at radius 1 is 1.42 bits per heavy atom. The molecular formula is C13H16ClN3O2. The van der Waals surface area contributed by atoms with Crippen LogP contribution in [0.15, 0.2) is 36.7 Å². The molecule has 0 atom stereocenters. The van der Waals surface area contributed by atoms with Crippen LogP contribution in [0.1, 0.15) is 10.4 Å². The quantitative estimate of drug-likeness (QED) is 0.866. The van der Waals surface area contributed by atoms with Gasteiger partial charge in [0.1, 0.15) is 0 Å². The first-order valence-electron chi connectivity index (χ1n) is 5.66. The summed E-state index contributed by atoms with van der Waals surface area (Å²) >= 11 is 0. The summed E-state index contributed by atoms with van der Waals surface area (Å²) in [6.45, 7) is 1.22. The molecule has 0 aliphatic carbocycles. The van der Waals surface area contributed by atoms with Crippen molar-refractivity contribution in [2.24, 2.45) is 5.73 Å². The summed E-state index contributed by atoms with van der Waals surface area (Å²) in [7, 11) is 1.37. The van der Waals surface area contributed by atoms with Crippen LogP contribution < -0.4 is 5.73 Å². The van der Waals surface area contributed by atoms with Gasteiger partial charge in [0.05, 0.1) is 25.4 Å². The minimum Gasteiger partial charge on any atom is -0.465 e. The number of carbonyl (C=O) groups excluding carboxylic acids is 1. The van der Waals surface area contributed by atoms with Crippen molar-refractivity contribution in [2.45, 2.75) is 6.54 Å². The Labute approximate surface area is 117 Å². The predicted octanol–water partition coefficient (Wildman–Crippen LogP) is 1.72. The molecule has 0 aliphatic heterocycles. The lowest BCUT2D eigenvalue weighted by atomic mass is 10.1. The third kappa shape index (κ3) is 3.56. The number of halogens is 1. The number of aromatic nitrogens is 2. The Kier molecular flexibility index (Phi) is 5.54. The van der Waals surface area contributed by atoms with Crippen LogP contribution in [0.4, 0.5) is 0 Å². The highest BCUT2D eigenvalue weighted by Gasteiger charge is 2.07. The molecule has 0 unspecified atom stereocenters. The number of hydrogen-bond acceptors (Lipinski definition) is 4. The normalized spacial score (nSPS) is 9.79. The van der Waals surface area contributed by atoms with Crippen molar-refractivity contribution in [1.82, 2.24) is 9.78 Å². The zero-order valence-electron chi connectivity index (χ0n) is 10.6. The molecule has 2 aromatic rings. The van der Waals surface area contributed by atoms with E-state index in [2.05, 4.69) is 5.10 Å². The van der Waals surface area contributed by atoms with Crippen LogP contribution in [0, 0.1) is 0 Å². The summed E-state index contributed by atoms with van der Waals surface area (Å²) < 4.78 is 6.47. The van der Waals surface area contributed by atoms with Gasteiger partial charge in [-0.25, -0.2) is 4.79 Å². The second-order valence-corrected chi connectivity index (χ2v) is 3.85. The third-order valence-electron chi connectivity index (χ3n) is 2.61. The molecule has 0 spiro atoms. The molecule has 0 saturated carbocycles. The zero-order chi connectivity index (χ0) is 13.0. The fraction of sp³-hybridized carbons (Fsp3) is 0.231. The average Bonchev–Trinajstić information content (AvgIpc) is 2.87. The summed E-state index contributed by atoms with van der Waals surface area (Å²) in [4.78, 5) is 11.4. The molecule has 1 heterocycles. The van der Waals surface area contributed by atoms with E-state index in [4.69, 9.17) is 10.5 Å². The number of methoxy groups -OCH3 is 1. The first kappa shape index (κ1) is 15.2. The van der Waals surface area contributed by atoms with E-state index in [0.29, 0.717) is 18.7 Å². The smallest absolute Gasteiger partial charge is 0.337 e. The largest absolute Gasteiger partial charge is 0.465 e. The maximum atomic E-state index is 11.4. The van der Waals surface area contributed by atoms with Gasteiger partial charge in [0, 0.05) is 18.3 Å². The Hall–Kier alpha value is -1.85. The summed E-state index contributed by atoms with van der Waals surface area (Å²) in [6.07, 6.45) is 3.66. The summed E-state index contributed by atoms with van der Waals surface area (Å²) in [5, 5.41) is 4.20. The van der Waals surface area contributed by atoms with Crippen LogP contribution in [0.5, 0.6) is 0 Å². The van der Waals surface area contributed by atoms with Gasteiger partial charge in [0.2, 0.25) is 0 Å². The van der Waals surface area contributed by atoms with Crippen molar-refractivity contribution in [3.05, 3.63) is 42.2 Å². The van der Waals surface area contributed by atoms with Crippen molar-refractivity contribution in [3.63, 3.8) is 0 Å². The molecular weight excluding hydrogens is 266 g/mol. The average molecular weight is 282 g/mol. The monoisotopic (exact) mass is 281 g/mol. The maximum absolute atomic E-state index is 11.4. The van der Waals surface area contributed by atoms with E-state index in [-0.39, 0.29) is 18.4 Å². The molecule has 0 saturated heterocycles. The second kappa shape index (κ2) is 6.92. The van der Waals surface area contributed by atoms with Crippen molar-refractivity contribution in [3.8, 4) is 11.1 Å². The van der Waals surface area contributed by atoms with Gasteiger partial charge in [0.25, 0.3) is 0 Å². The number of ether oxygens (including phenoxy) is 1. The molecule has 2 rings (SSSR count). The summed E-state index contributed by atoms with van der Waals surface area (Å²) in [5.41, 5.74) is 7.88. The Balaban J connectivity index is 0.00000180. The molecule has 1 aromatic heterocycles. The molecule has 5 nitrogen and oxygen atoms in total. The van der Waals surface area contributed by atoms with Crippen LogP contribution in [-0.2, 0) is 11.3 Å². The lowest BCUT2D eigenvalue weighted by molar-refractivity contribution is 0.0601. The maximum Gasteiger partial charge on any atom is 0.337 e. The van der Waals surface area contributed by atoms with Crippen molar-refractivity contribution in [1.29, 1.82) is 0 Å². The van der Waals surface area contributed by atoms with Crippen LogP contribution >= 0.6 is 12.4 Å². The third-order valence-corrected chi connectivity index (χ3v) is 2.61. The fourth-order valence-electron chi connectivity index (χ4n) is 1.71. The van der Waals surface area contributed by atoms with Crippen LogP contribution in [0.2, 0.25) is 0 Å². The summed E-state index contributed by atoms with van der Waals surface area (Å²) in [5.74, 6) is -0.341. The van der Waals surface area contributed by atoms with Crippen LogP contribution in [0.3, 0.4) is 0 Å². The molecule has 2 N–H and O–H groups in total. The molecule has 0 radical (unpaired) electrons. The van der Waals surface area contributed by atoms with Gasteiger partial charge in [-0.15, -0.1) is 12.4 Å². The first-order chi connectivity index (χ1) is 8.74. The Bertz CT molecular complexity index is 554. The number of nitrogens with two attached hydrogens (primary N) is 1. The van der Waals surface area contributed by atoms with E-state index >= 15 is 0 Å². The van der Waals surface area contributed by atoms with Crippen molar-refractivity contribution in [2.75, 3.05) is 13.7 Å². The highest BCUT2D eigenvalue weighted by Crippen LogP contribution is 2.20. The van der Waals surface area contributed by atoms with Gasteiger partial charge in [-0.3, -0.25) is 4.68 Å². The number of benzene rings is 1. The fourth-order valence-corrected chi connectivity index (χ4v) is 1.71. The van der Waals surface area contributed by atoms with Gasteiger partial charge >= 0.3 is 5.97 Å². The SMILES string of the molecule is COC(=O)c1cccc(-c2cnn(CCN)c2)c1.Cl. The summed E-state index contributed by atoms with van der Waals surface area (Å²) in [6, 6.07) is 7.26. The van der Waals surface area contributed by atoms with Crippen molar-refractivity contribution >= 4 is 18.4 Å². The standard InChI is InChI=1S/C13H15N3O2.ClH/c1-18-13(17)11-4-2-3-10(7-11)12-8-15-16(9-12)6-5-14;/h2-4,7-9H,5-6,14H2,1H3;1H. The molecule has 102 valence electrons. The van der Waals surface area contributed by atoms with Crippen LogP contribution in [0.25, 0.3) is 11.1 Å². The Morgan fingerprint density at radius 2 is 2.21 bits per heavy atom. The van der Waals surface area contributed by atoms with E-state index in [1.165, 1.54) is 7.11 Å². The van der Waals surface area contributed by atoms with Gasteiger partial charge in [-0.2, -0.15) is 5.10 Å². The van der Waals surface area contributed by atoms with E-state index in [1.54, 1.807) is 23.0 Å². The van der Waals surface area contributed by atoms with E-state index in [1.807, 2.05) is 18.3 Å². The van der Waals surface area contributed by atoms with Gasteiger partial charge < -0.3 is 10.5 Å². The van der Waals surface area contributed by atoms with Gasteiger partial charge in [-0.05, 0) is 17.7 Å². The molecule has 6 heteroatoms. The minimum atomic E-state index is -0.341. The number of rotatable bonds is 4. The van der Waals surface area contributed by atoms with Gasteiger partial charge in [-0.1, -0.05) is 12.1 Å². The molecule has 0 aliphatic rings. The van der Waals surface area contributed by atoms with Crippen molar-refractivity contribution < 1.29 is 9.53 Å². The minimum absolute atomic E-state index is 0. The number of esters is 1. The zero-order valence-corrected chi connectivity index (χ0v) is 11.4. The highest BCUT2D eigenvalue weighted by molar-refractivity contribution is 5.90. The topological polar surface area (TPSA) is 70.1 Å². The van der Waals surface area contributed by atoms with Crippen LogP contribution in [-0.4, -0.2) is 29.4 Å². The lowest BCUT2D eigenvalue weighted by Crippen LogP contribution is -2.09.